The molecule has 1 aromatic heterocycles. The van der Waals surface area contributed by atoms with Gasteiger partial charge < -0.3 is 10.8 Å². The van der Waals surface area contributed by atoms with Crippen LogP contribution in [-0.2, 0) is 0 Å². The maximum Gasteiger partial charge on any atom is 0.0631 e. The first-order valence-electron chi connectivity index (χ1n) is 5.60. The summed E-state index contributed by atoms with van der Waals surface area (Å²) >= 11 is 1.68. The summed E-state index contributed by atoms with van der Waals surface area (Å²) < 4.78 is 0. The molecule has 0 aromatic carbocycles. The molecule has 1 aromatic rings. The molecule has 3 unspecified atom stereocenters. The molecule has 0 saturated carbocycles. The highest BCUT2D eigenvalue weighted by atomic mass is 32.1. The Morgan fingerprint density at radius 3 is 2.73 bits per heavy atom. The molecule has 0 aliphatic carbocycles. The lowest BCUT2D eigenvalue weighted by atomic mass is 9.91. The Morgan fingerprint density at radius 2 is 2.27 bits per heavy atom. The Kier molecular flexibility index (Phi) is 5.29. The molecule has 3 heteroatoms. The van der Waals surface area contributed by atoms with E-state index in [1.165, 1.54) is 4.88 Å². The molecule has 86 valence electrons. The van der Waals surface area contributed by atoms with Crippen molar-refractivity contribution in [1.29, 1.82) is 0 Å². The van der Waals surface area contributed by atoms with Crippen molar-refractivity contribution in [3.05, 3.63) is 22.4 Å². The van der Waals surface area contributed by atoms with Crippen molar-refractivity contribution < 1.29 is 5.11 Å². The van der Waals surface area contributed by atoms with Gasteiger partial charge in [0.1, 0.15) is 0 Å². The van der Waals surface area contributed by atoms with Crippen LogP contribution in [0.2, 0.25) is 0 Å². The Morgan fingerprint density at radius 1 is 1.53 bits per heavy atom. The number of rotatable bonds is 6. The summed E-state index contributed by atoms with van der Waals surface area (Å²) in [5.41, 5.74) is 5.73. The number of nitrogens with two attached hydrogens (primary N) is 1. The first-order chi connectivity index (χ1) is 7.19. The molecule has 0 amide bonds. The van der Waals surface area contributed by atoms with Crippen LogP contribution >= 0.6 is 11.3 Å². The number of thiophene rings is 1. The predicted molar refractivity (Wildman–Crippen MR) is 66.2 cm³/mol. The van der Waals surface area contributed by atoms with Gasteiger partial charge in [-0.05, 0) is 23.8 Å². The average molecular weight is 227 g/mol. The van der Waals surface area contributed by atoms with Crippen molar-refractivity contribution in [3.8, 4) is 0 Å². The van der Waals surface area contributed by atoms with E-state index < -0.39 is 0 Å². The van der Waals surface area contributed by atoms with Crippen LogP contribution in [-0.4, -0.2) is 17.8 Å². The Hall–Kier alpha value is -0.380. The fourth-order valence-electron chi connectivity index (χ4n) is 1.71. The zero-order chi connectivity index (χ0) is 11.3. The van der Waals surface area contributed by atoms with Gasteiger partial charge in [0.05, 0.1) is 6.10 Å². The molecule has 1 rings (SSSR count). The number of hydrogen-bond acceptors (Lipinski definition) is 3. The van der Waals surface area contributed by atoms with Crippen LogP contribution in [0.3, 0.4) is 0 Å². The molecule has 3 atom stereocenters. The second-order valence-corrected chi connectivity index (χ2v) is 5.15. The summed E-state index contributed by atoms with van der Waals surface area (Å²) in [5, 5.41) is 12.1. The Bertz CT molecular complexity index is 261. The molecule has 0 radical (unpaired) electrons. The molecule has 0 bridgehead atoms. The molecular formula is C12H21NOS. The normalized spacial score (nSPS) is 17.3. The van der Waals surface area contributed by atoms with Gasteiger partial charge in [0.2, 0.25) is 0 Å². The third-order valence-electron chi connectivity index (χ3n) is 2.97. The van der Waals surface area contributed by atoms with Crippen molar-refractivity contribution in [1.82, 2.24) is 0 Å². The van der Waals surface area contributed by atoms with Gasteiger partial charge in [-0.3, -0.25) is 0 Å². The van der Waals surface area contributed by atoms with Crippen LogP contribution < -0.4 is 5.73 Å². The number of hydrogen-bond donors (Lipinski definition) is 2. The van der Waals surface area contributed by atoms with Crippen LogP contribution in [0, 0.1) is 5.92 Å². The van der Waals surface area contributed by atoms with Gasteiger partial charge in [-0.2, -0.15) is 0 Å². The van der Waals surface area contributed by atoms with E-state index in [9.17, 15) is 5.11 Å². The predicted octanol–water partition coefficient (Wildman–Crippen LogP) is 2.59. The first kappa shape index (κ1) is 12.7. The minimum absolute atomic E-state index is 0.110. The van der Waals surface area contributed by atoms with E-state index in [0.29, 0.717) is 12.5 Å². The number of aliphatic hydroxyl groups is 1. The molecule has 0 aliphatic rings. The molecule has 0 spiro atoms. The van der Waals surface area contributed by atoms with Crippen LogP contribution in [0.15, 0.2) is 17.5 Å². The van der Waals surface area contributed by atoms with E-state index in [4.69, 9.17) is 5.73 Å². The summed E-state index contributed by atoms with van der Waals surface area (Å²) in [7, 11) is 0. The standard InChI is InChI=1S/C12H21NOS/c1-3-9(2)7-11(14)10(8-13)12-5-4-6-15-12/h4-6,9-11,14H,3,7-8,13H2,1-2H3. The lowest BCUT2D eigenvalue weighted by molar-refractivity contribution is 0.119. The minimum Gasteiger partial charge on any atom is -0.392 e. The summed E-state index contributed by atoms with van der Waals surface area (Å²) in [6, 6.07) is 4.07. The molecule has 1 heterocycles. The van der Waals surface area contributed by atoms with Crippen molar-refractivity contribution in [2.45, 2.75) is 38.7 Å². The second kappa shape index (κ2) is 6.26. The third-order valence-corrected chi connectivity index (χ3v) is 3.97. The third kappa shape index (κ3) is 3.59. The van der Waals surface area contributed by atoms with Crippen molar-refractivity contribution in [2.24, 2.45) is 11.7 Å². The fourth-order valence-corrected chi connectivity index (χ4v) is 2.61. The van der Waals surface area contributed by atoms with E-state index in [-0.39, 0.29) is 12.0 Å². The van der Waals surface area contributed by atoms with Crippen LogP contribution in [0.5, 0.6) is 0 Å². The highest BCUT2D eigenvalue weighted by Crippen LogP contribution is 2.27. The Balaban J connectivity index is 2.59. The summed E-state index contributed by atoms with van der Waals surface area (Å²) in [6.45, 7) is 4.85. The van der Waals surface area contributed by atoms with Gasteiger partial charge in [-0.1, -0.05) is 26.3 Å². The molecule has 15 heavy (non-hydrogen) atoms. The minimum atomic E-state index is -0.302. The van der Waals surface area contributed by atoms with Gasteiger partial charge >= 0.3 is 0 Å². The molecule has 0 saturated heterocycles. The van der Waals surface area contributed by atoms with Gasteiger partial charge in [-0.15, -0.1) is 11.3 Å². The zero-order valence-corrected chi connectivity index (χ0v) is 10.3. The van der Waals surface area contributed by atoms with E-state index in [0.717, 1.165) is 12.8 Å². The first-order valence-corrected chi connectivity index (χ1v) is 6.48. The van der Waals surface area contributed by atoms with E-state index >= 15 is 0 Å². The fraction of sp³-hybridized carbons (Fsp3) is 0.667. The van der Waals surface area contributed by atoms with Crippen molar-refractivity contribution >= 4 is 11.3 Å². The molecule has 0 fully saturated rings. The van der Waals surface area contributed by atoms with Gasteiger partial charge in [0.25, 0.3) is 0 Å². The van der Waals surface area contributed by atoms with Crippen LogP contribution in [0.4, 0.5) is 0 Å². The summed E-state index contributed by atoms with van der Waals surface area (Å²) in [5.74, 6) is 0.674. The largest absolute Gasteiger partial charge is 0.392 e. The van der Waals surface area contributed by atoms with E-state index in [2.05, 4.69) is 19.9 Å². The van der Waals surface area contributed by atoms with Gasteiger partial charge in [0, 0.05) is 17.3 Å². The number of aliphatic hydroxyl groups excluding tert-OH is 1. The molecule has 2 nitrogen and oxygen atoms in total. The van der Waals surface area contributed by atoms with Gasteiger partial charge in [-0.25, -0.2) is 0 Å². The molecular weight excluding hydrogens is 206 g/mol. The summed E-state index contributed by atoms with van der Waals surface area (Å²) in [4.78, 5) is 1.20. The quantitative estimate of drug-likeness (QED) is 0.784. The zero-order valence-electron chi connectivity index (χ0n) is 9.52. The van der Waals surface area contributed by atoms with E-state index in [1.807, 2.05) is 11.4 Å². The lowest BCUT2D eigenvalue weighted by Gasteiger charge is -2.22. The monoisotopic (exact) mass is 227 g/mol. The smallest absolute Gasteiger partial charge is 0.0631 e. The second-order valence-electron chi connectivity index (χ2n) is 4.17. The summed E-state index contributed by atoms with van der Waals surface area (Å²) in [6.07, 6.45) is 1.65. The van der Waals surface area contributed by atoms with E-state index in [1.54, 1.807) is 11.3 Å². The van der Waals surface area contributed by atoms with Crippen molar-refractivity contribution in [2.75, 3.05) is 6.54 Å². The average Bonchev–Trinajstić information content (AvgIpc) is 2.72. The highest BCUT2D eigenvalue weighted by molar-refractivity contribution is 7.10. The van der Waals surface area contributed by atoms with Crippen LogP contribution in [0.25, 0.3) is 0 Å². The maximum atomic E-state index is 10.1. The molecule has 0 aliphatic heterocycles. The lowest BCUT2D eigenvalue weighted by Crippen LogP contribution is -2.26. The Labute approximate surface area is 96.1 Å². The molecule has 3 N–H and O–H groups in total. The maximum absolute atomic E-state index is 10.1. The highest BCUT2D eigenvalue weighted by Gasteiger charge is 2.21. The SMILES string of the molecule is CCC(C)CC(O)C(CN)c1cccs1. The topological polar surface area (TPSA) is 46.2 Å². The van der Waals surface area contributed by atoms with Crippen molar-refractivity contribution in [3.63, 3.8) is 0 Å². The van der Waals surface area contributed by atoms with Gasteiger partial charge in [0.15, 0.2) is 0 Å². The van der Waals surface area contributed by atoms with Crippen LogP contribution in [0.1, 0.15) is 37.5 Å².